The summed E-state index contributed by atoms with van der Waals surface area (Å²) in [6.45, 7) is 3.16. The van der Waals surface area contributed by atoms with Crippen molar-refractivity contribution in [1.29, 1.82) is 0 Å². The zero-order valence-corrected chi connectivity index (χ0v) is 11.3. The monoisotopic (exact) mass is 261 g/mol. The van der Waals surface area contributed by atoms with E-state index < -0.39 is 0 Å². The van der Waals surface area contributed by atoms with Crippen molar-refractivity contribution >= 4 is 12.0 Å². The summed E-state index contributed by atoms with van der Waals surface area (Å²) in [6, 6.07) is 5.97. The Kier molecular flexibility index (Phi) is 4.58. The molecular weight excluding hydrogens is 242 g/mol. The molecule has 2 rings (SSSR count). The Bertz CT molecular complexity index is 482. The molecule has 1 aromatic rings. The lowest BCUT2D eigenvalue weighted by atomic mass is 10.1. The van der Waals surface area contributed by atoms with Crippen LogP contribution in [0, 0.1) is 0 Å². The summed E-state index contributed by atoms with van der Waals surface area (Å²) in [6.07, 6.45) is 4.30. The van der Waals surface area contributed by atoms with Gasteiger partial charge < -0.3 is 14.8 Å². The van der Waals surface area contributed by atoms with E-state index in [1.165, 1.54) is 5.56 Å². The molecule has 0 fully saturated rings. The van der Waals surface area contributed by atoms with Gasteiger partial charge >= 0.3 is 0 Å². The van der Waals surface area contributed by atoms with Crippen molar-refractivity contribution < 1.29 is 14.3 Å². The molecule has 1 heterocycles. The Morgan fingerprint density at radius 2 is 2.42 bits per heavy atom. The molecule has 102 valence electrons. The Hall–Kier alpha value is -1.81. The molecule has 1 aromatic carbocycles. The van der Waals surface area contributed by atoms with Crippen LogP contribution in [0.2, 0.25) is 0 Å². The average Bonchev–Trinajstić information content (AvgIpc) is 2.83. The molecular formula is C15H19NO3. The first-order valence-corrected chi connectivity index (χ1v) is 6.42. The molecule has 4 nitrogen and oxygen atoms in total. The zero-order valence-electron chi connectivity index (χ0n) is 11.3. The first kappa shape index (κ1) is 13.6. The number of amides is 1. The molecule has 0 aliphatic carbocycles. The minimum Gasteiger partial charge on any atom is -0.493 e. The van der Waals surface area contributed by atoms with Crippen LogP contribution in [0.1, 0.15) is 18.1 Å². The molecule has 1 aliphatic rings. The minimum absolute atomic E-state index is 0.00979. The van der Waals surface area contributed by atoms with Gasteiger partial charge in [-0.15, -0.1) is 0 Å². The highest BCUT2D eigenvalue weighted by Crippen LogP contribution is 2.26. The van der Waals surface area contributed by atoms with Crippen LogP contribution in [0.3, 0.4) is 0 Å². The number of nitrogens with one attached hydrogen (secondary N) is 1. The van der Waals surface area contributed by atoms with Crippen LogP contribution in [0.4, 0.5) is 0 Å². The molecule has 0 spiro atoms. The minimum atomic E-state index is -0.110. The number of methoxy groups -OCH3 is 1. The van der Waals surface area contributed by atoms with Crippen LogP contribution in [0.5, 0.6) is 5.75 Å². The van der Waals surface area contributed by atoms with Crippen molar-refractivity contribution in [2.75, 3.05) is 20.3 Å². The maximum absolute atomic E-state index is 11.7. The predicted octanol–water partition coefficient (Wildman–Crippen LogP) is 1.79. The number of rotatable bonds is 5. The topological polar surface area (TPSA) is 47.6 Å². The standard InChI is InChI=1S/C15H19NO3/c1-11(10-18-2)16-15(17)6-4-12-3-5-14-13(9-12)7-8-19-14/h3-6,9,11H,7-8,10H2,1-2H3,(H,16,17)/b6-4+. The van der Waals surface area contributed by atoms with Crippen LogP contribution in [-0.2, 0) is 16.0 Å². The second-order valence-corrected chi connectivity index (χ2v) is 4.66. The maximum atomic E-state index is 11.7. The summed E-state index contributed by atoms with van der Waals surface area (Å²) >= 11 is 0. The van der Waals surface area contributed by atoms with Gasteiger partial charge in [0, 0.05) is 25.6 Å². The lowest BCUT2D eigenvalue weighted by molar-refractivity contribution is -0.117. The summed E-state index contributed by atoms with van der Waals surface area (Å²) < 4.78 is 10.4. The number of hydrogen-bond acceptors (Lipinski definition) is 3. The normalized spacial score (nSPS) is 15.1. The van der Waals surface area contributed by atoms with E-state index in [1.807, 2.05) is 25.1 Å². The predicted molar refractivity (Wildman–Crippen MR) is 74.2 cm³/mol. The molecule has 0 aromatic heterocycles. The van der Waals surface area contributed by atoms with Crippen LogP contribution in [0.15, 0.2) is 24.3 Å². The first-order valence-electron chi connectivity index (χ1n) is 6.42. The Labute approximate surface area is 113 Å². The van der Waals surface area contributed by atoms with E-state index in [0.29, 0.717) is 6.61 Å². The van der Waals surface area contributed by atoms with Gasteiger partial charge in [0.15, 0.2) is 0 Å². The first-order chi connectivity index (χ1) is 9.19. The van der Waals surface area contributed by atoms with E-state index in [-0.39, 0.29) is 11.9 Å². The molecule has 1 atom stereocenters. The molecule has 0 saturated heterocycles. The molecule has 1 aliphatic heterocycles. The van der Waals surface area contributed by atoms with E-state index in [9.17, 15) is 4.79 Å². The van der Waals surface area contributed by atoms with Crippen molar-refractivity contribution in [1.82, 2.24) is 5.32 Å². The number of carbonyl (C=O) groups excluding carboxylic acids is 1. The van der Waals surface area contributed by atoms with Crippen molar-refractivity contribution in [3.63, 3.8) is 0 Å². The highest BCUT2D eigenvalue weighted by molar-refractivity contribution is 5.91. The number of carbonyl (C=O) groups is 1. The van der Waals surface area contributed by atoms with Crippen LogP contribution in [-0.4, -0.2) is 32.3 Å². The third-order valence-electron chi connectivity index (χ3n) is 2.95. The average molecular weight is 261 g/mol. The van der Waals surface area contributed by atoms with E-state index >= 15 is 0 Å². The second kappa shape index (κ2) is 6.38. The molecule has 4 heteroatoms. The van der Waals surface area contributed by atoms with Crippen molar-refractivity contribution in [3.8, 4) is 5.75 Å². The highest BCUT2D eigenvalue weighted by Gasteiger charge is 2.11. The number of hydrogen-bond donors (Lipinski definition) is 1. The highest BCUT2D eigenvalue weighted by atomic mass is 16.5. The summed E-state index contributed by atoms with van der Waals surface area (Å²) in [5.41, 5.74) is 2.22. The third kappa shape index (κ3) is 3.83. The van der Waals surface area contributed by atoms with Gasteiger partial charge in [0.1, 0.15) is 5.75 Å². The molecule has 19 heavy (non-hydrogen) atoms. The zero-order chi connectivity index (χ0) is 13.7. The van der Waals surface area contributed by atoms with Gasteiger partial charge in [-0.05, 0) is 36.3 Å². The Balaban J connectivity index is 1.93. The van der Waals surface area contributed by atoms with Gasteiger partial charge in [-0.1, -0.05) is 6.07 Å². The summed E-state index contributed by atoms with van der Waals surface area (Å²) in [5.74, 6) is 0.844. The molecule has 1 unspecified atom stereocenters. The quantitative estimate of drug-likeness (QED) is 0.822. The van der Waals surface area contributed by atoms with Gasteiger partial charge in [-0.2, -0.15) is 0 Å². The third-order valence-corrected chi connectivity index (χ3v) is 2.95. The molecule has 1 N–H and O–H groups in total. The van der Waals surface area contributed by atoms with Gasteiger partial charge in [0.05, 0.1) is 13.2 Å². The van der Waals surface area contributed by atoms with Crippen molar-refractivity contribution in [2.45, 2.75) is 19.4 Å². The van der Waals surface area contributed by atoms with Gasteiger partial charge in [-0.25, -0.2) is 0 Å². The maximum Gasteiger partial charge on any atom is 0.244 e. The lowest BCUT2D eigenvalue weighted by Gasteiger charge is -2.10. The largest absolute Gasteiger partial charge is 0.493 e. The molecule has 0 saturated carbocycles. The van der Waals surface area contributed by atoms with Crippen LogP contribution >= 0.6 is 0 Å². The van der Waals surface area contributed by atoms with E-state index in [1.54, 1.807) is 13.2 Å². The number of benzene rings is 1. The summed E-state index contributed by atoms with van der Waals surface area (Å²) in [4.78, 5) is 11.7. The number of ether oxygens (including phenoxy) is 2. The van der Waals surface area contributed by atoms with E-state index in [2.05, 4.69) is 11.4 Å². The van der Waals surface area contributed by atoms with Crippen molar-refractivity contribution in [2.24, 2.45) is 0 Å². The summed E-state index contributed by atoms with van der Waals surface area (Å²) in [7, 11) is 1.62. The fourth-order valence-corrected chi connectivity index (χ4v) is 2.06. The molecule has 1 amide bonds. The van der Waals surface area contributed by atoms with Crippen molar-refractivity contribution in [3.05, 3.63) is 35.4 Å². The second-order valence-electron chi connectivity index (χ2n) is 4.66. The van der Waals surface area contributed by atoms with E-state index in [0.717, 1.165) is 24.3 Å². The Morgan fingerprint density at radius 1 is 1.58 bits per heavy atom. The fraction of sp³-hybridized carbons (Fsp3) is 0.400. The SMILES string of the molecule is COCC(C)NC(=O)/C=C/c1ccc2c(c1)CCO2. The lowest BCUT2D eigenvalue weighted by Crippen LogP contribution is -2.34. The number of fused-ring (bicyclic) bond motifs is 1. The van der Waals surface area contributed by atoms with Crippen LogP contribution < -0.4 is 10.1 Å². The Morgan fingerprint density at radius 3 is 3.21 bits per heavy atom. The molecule has 0 radical (unpaired) electrons. The smallest absolute Gasteiger partial charge is 0.244 e. The van der Waals surface area contributed by atoms with Crippen LogP contribution in [0.25, 0.3) is 6.08 Å². The van der Waals surface area contributed by atoms with Gasteiger partial charge in [0.25, 0.3) is 0 Å². The fourth-order valence-electron chi connectivity index (χ4n) is 2.06. The molecule has 0 bridgehead atoms. The van der Waals surface area contributed by atoms with E-state index in [4.69, 9.17) is 9.47 Å². The summed E-state index contributed by atoms with van der Waals surface area (Å²) in [5, 5.41) is 2.83. The van der Waals surface area contributed by atoms with Gasteiger partial charge in [0.2, 0.25) is 5.91 Å². The van der Waals surface area contributed by atoms with Gasteiger partial charge in [-0.3, -0.25) is 4.79 Å².